The topological polar surface area (TPSA) is 71.1 Å². The molecule has 0 atom stereocenters. The molecular weight excluding hydrogens is 285 g/mol. The normalized spacial score (nSPS) is 10.1. The van der Waals surface area contributed by atoms with Crippen molar-refractivity contribution in [2.45, 2.75) is 13.3 Å². The van der Waals surface area contributed by atoms with Gasteiger partial charge in [-0.3, -0.25) is 9.59 Å². The molecule has 0 fully saturated rings. The lowest BCUT2D eigenvalue weighted by molar-refractivity contribution is 0.0948. The fourth-order valence-corrected chi connectivity index (χ4v) is 1.75. The molecule has 5 nitrogen and oxygen atoms in total. The van der Waals surface area contributed by atoms with Gasteiger partial charge in [0.1, 0.15) is 17.2 Å². The van der Waals surface area contributed by atoms with Crippen molar-refractivity contribution in [1.29, 1.82) is 0 Å². The molecule has 2 amide bonds. The van der Waals surface area contributed by atoms with E-state index in [-0.39, 0.29) is 23.1 Å². The van der Waals surface area contributed by atoms with Gasteiger partial charge in [0.15, 0.2) is 0 Å². The van der Waals surface area contributed by atoms with E-state index in [9.17, 15) is 14.0 Å². The summed E-state index contributed by atoms with van der Waals surface area (Å²) in [5.41, 5.74) is 0.753. The van der Waals surface area contributed by atoms with Crippen LogP contribution >= 0.6 is 0 Å². The number of halogens is 1. The Bertz CT molecular complexity index is 671. The van der Waals surface area contributed by atoms with E-state index in [1.54, 1.807) is 12.1 Å². The fraction of sp³-hybridized carbons (Fsp3) is 0.188. The largest absolute Gasteiger partial charge is 0.351 e. The second kappa shape index (κ2) is 7.31. The summed E-state index contributed by atoms with van der Waals surface area (Å²) in [5.74, 6) is -1.17. The lowest BCUT2D eigenvalue weighted by atomic mass is 10.2. The van der Waals surface area contributed by atoms with Gasteiger partial charge in [-0.25, -0.2) is 9.37 Å². The highest BCUT2D eigenvalue weighted by molar-refractivity contribution is 6.03. The number of carbonyl (C=O) groups is 2. The van der Waals surface area contributed by atoms with E-state index in [1.165, 1.54) is 30.3 Å². The number of carbonyl (C=O) groups excluding carboxylic acids is 2. The van der Waals surface area contributed by atoms with Gasteiger partial charge in [-0.1, -0.05) is 13.0 Å². The molecule has 0 spiro atoms. The van der Waals surface area contributed by atoms with Crippen molar-refractivity contribution in [1.82, 2.24) is 10.3 Å². The number of nitrogens with one attached hydrogen (secondary N) is 2. The maximum Gasteiger partial charge on any atom is 0.274 e. The average molecular weight is 301 g/mol. The van der Waals surface area contributed by atoms with Crippen LogP contribution in [0.25, 0.3) is 0 Å². The molecule has 2 aromatic rings. The highest BCUT2D eigenvalue weighted by Crippen LogP contribution is 2.10. The van der Waals surface area contributed by atoms with Gasteiger partial charge in [-0.2, -0.15) is 0 Å². The zero-order valence-corrected chi connectivity index (χ0v) is 12.1. The van der Waals surface area contributed by atoms with E-state index in [1.807, 2.05) is 6.92 Å². The van der Waals surface area contributed by atoms with E-state index in [2.05, 4.69) is 15.6 Å². The lowest BCUT2D eigenvalue weighted by Gasteiger charge is -2.07. The minimum Gasteiger partial charge on any atom is -0.351 e. The van der Waals surface area contributed by atoms with Gasteiger partial charge in [0.2, 0.25) is 0 Å². The third kappa shape index (κ3) is 4.12. The zero-order valence-electron chi connectivity index (χ0n) is 12.1. The predicted molar refractivity (Wildman–Crippen MR) is 81.2 cm³/mol. The molecule has 2 rings (SSSR count). The Labute approximate surface area is 127 Å². The third-order valence-corrected chi connectivity index (χ3v) is 2.85. The Kier molecular flexibility index (Phi) is 5.19. The minimum atomic E-state index is -0.461. The van der Waals surface area contributed by atoms with Crippen molar-refractivity contribution in [2.24, 2.45) is 0 Å². The molecule has 2 N–H and O–H groups in total. The van der Waals surface area contributed by atoms with Crippen LogP contribution in [-0.2, 0) is 0 Å². The summed E-state index contributed by atoms with van der Waals surface area (Å²) in [6.07, 6.45) is 0.816. The summed E-state index contributed by atoms with van der Waals surface area (Å²) in [4.78, 5) is 28.0. The molecule has 1 aromatic heterocycles. The third-order valence-electron chi connectivity index (χ3n) is 2.85. The Balaban J connectivity index is 2.09. The molecule has 6 heteroatoms. The summed E-state index contributed by atoms with van der Waals surface area (Å²) in [6.45, 7) is 2.49. The SMILES string of the molecule is CCCNC(=O)c1cccc(C(=O)Nc2ccc(F)cc2)n1. The molecule has 0 saturated heterocycles. The van der Waals surface area contributed by atoms with Gasteiger partial charge in [-0.15, -0.1) is 0 Å². The average Bonchev–Trinajstić information content (AvgIpc) is 2.54. The zero-order chi connectivity index (χ0) is 15.9. The van der Waals surface area contributed by atoms with Crippen molar-refractivity contribution >= 4 is 17.5 Å². The summed E-state index contributed by atoms with van der Waals surface area (Å²) in [6, 6.07) is 10.0. The lowest BCUT2D eigenvalue weighted by Crippen LogP contribution is -2.26. The molecular formula is C16H16FN3O2. The van der Waals surface area contributed by atoms with Crippen molar-refractivity contribution in [3.8, 4) is 0 Å². The number of rotatable bonds is 5. The van der Waals surface area contributed by atoms with Crippen LogP contribution < -0.4 is 10.6 Å². The maximum atomic E-state index is 12.8. The molecule has 22 heavy (non-hydrogen) atoms. The summed E-state index contributed by atoms with van der Waals surface area (Å²) in [5, 5.41) is 5.29. The van der Waals surface area contributed by atoms with E-state index in [0.717, 1.165) is 6.42 Å². The molecule has 0 aliphatic rings. The Morgan fingerprint density at radius 1 is 1.05 bits per heavy atom. The van der Waals surface area contributed by atoms with Crippen LogP contribution in [0.15, 0.2) is 42.5 Å². The first-order valence-corrected chi connectivity index (χ1v) is 6.92. The monoisotopic (exact) mass is 301 g/mol. The molecule has 1 aromatic carbocycles. The van der Waals surface area contributed by atoms with E-state index >= 15 is 0 Å². The van der Waals surface area contributed by atoms with Crippen molar-refractivity contribution in [2.75, 3.05) is 11.9 Å². The van der Waals surface area contributed by atoms with Crippen LogP contribution in [-0.4, -0.2) is 23.3 Å². The molecule has 0 bridgehead atoms. The Morgan fingerprint density at radius 3 is 2.32 bits per heavy atom. The van der Waals surface area contributed by atoms with Crippen LogP contribution in [0, 0.1) is 5.82 Å². The molecule has 0 aliphatic carbocycles. The number of hydrogen-bond acceptors (Lipinski definition) is 3. The fourth-order valence-electron chi connectivity index (χ4n) is 1.75. The predicted octanol–water partition coefficient (Wildman–Crippen LogP) is 2.61. The van der Waals surface area contributed by atoms with Gasteiger partial charge in [-0.05, 0) is 42.8 Å². The number of benzene rings is 1. The van der Waals surface area contributed by atoms with Gasteiger partial charge in [0.25, 0.3) is 11.8 Å². The molecule has 114 valence electrons. The molecule has 0 unspecified atom stereocenters. The van der Waals surface area contributed by atoms with Crippen LogP contribution in [0.4, 0.5) is 10.1 Å². The quantitative estimate of drug-likeness (QED) is 0.891. The van der Waals surface area contributed by atoms with E-state index in [0.29, 0.717) is 12.2 Å². The van der Waals surface area contributed by atoms with Crippen LogP contribution in [0.1, 0.15) is 34.3 Å². The first-order valence-electron chi connectivity index (χ1n) is 6.92. The van der Waals surface area contributed by atoms with Crippen LogP contribution in [0.5, 0.6) is 0 Å². The van der Waals surface area contributed by atoms with Crippen molar-refractivity contribution < 1.29 is 14.0 Å². The summed E-state index contributed by atoms with van der Waals surface area (Å²) in [7, 11) is 0. The highest BCUT2D eigenvalue weighted by atomic mass is 19.1. The number of amides is 2. The second-order valence-corrected chi connectivity index (χ2v) is 4.62. The Morgan fingerprint density at radius 2 is 1.68 bits per heavy atom. The molecule has 0 radical (unpaired) electrons. The maximum absolute atomic E-state index is 12.8. The van der Waals surface area contributed by atoms with Gasteiger partial charge in [0, 0.05) is 12.2 Å². The minimum absolute atomic E-state index is 0.119. The smallest absolute Gasteiger partial charge is 0.274 e. The van der Waals surface area contributed by atoms with E-state index < -0.39 is 5.91 Å². The van der Waals surface area contributed by atoms with E-state index in [4.69, 9.17) is 0 Å². The highest BCUT2D eigenvalue weighted by Gasteiger charge is 2.12. The number of anilines is 1. The van der Waals surface area contributed by atoms with Crippen LogP contribution in [0.2, 0.25) is 0 Å². The van der Waals surface area contributed by atoms with Crippen molar-refractivity contribution in [3.05, 3.63) is 59.7 Å². The molecule has 0 saturated carbocycles. The first kappa shape index (κ1) is 15.6. The van der Waals surface area contributed by atoms with Crippen LogP contribution in [0.3, 0.4) is 0 Å². The van der Waals surface area contributed by atoms with Crippen molar-refractivity contribution in [3.63, 3.8) is 0 Å². The first-order chi connectivity index (χ1) is 10.6. The number of aromatic nitrogens is 1. The number of hydrogen-bond donors (Lipinski definition) is 2. The van der Waals surface area contributed by atoms with Gasteiger partial charge >= 0.3 is 0 Å². The van der Waals surface area contributed by atoms with Gasteiger partial charge < -0.3 is 10.6 Å². The molecule has 0 aliphatic heterocycles. The summed E-state index contributed by atoms with van der Waals surface area (Å²) < 4.78 is 12.8. The van der Waals surface area contributed by atoms with Gasteiger partial charge in [0.05, 0.1) is 0 Å². The summed E-state index contributed by atoms with van der Waals surface area (Å²) >= 11 is 0. The number of nitrogens with zero attached hydrogens (tertiary/aromatic N) is 1. The number of pyridine rings is 1. The Hall–Kier alpha value is -2.76. The molecule has 1 heterocycles. The standard InChI is InChI=1S/C16H16FN3O2/c1-2-10-18-15(21)13-4-3-5-14(20-13)16(22)19-12-8-6-11(17)7-9-12/h3-9H,2,10H2,1H3,(H,18,21)(H,19,22). The second-order valence-electron chi connectivity index (χ2n) is 4.62.